The zero-order chi connectivity index (χ0) is 21.3. The third kappa shape index (κ3) is 3.86. The quantitative estimate of drug-likeness (QED) is 0.527. The second kappa shape index (κ2) is 8.44. The van der Waals surface area contributed by atoms with Crippen LogP contribution in [0.3, 0.4) is 0 Å². The molecule has 0 N–H and O–H groups in total. The van der Waals surface area contributed by atoms with Gasteiger partial charge in [0.15, 0.2) is 12.4 Å². The topological polar surface area (TPSA) is 52.6 Å². The summed E-state index contributed by atoms with van der Waals surface area (Å²) in [5.74, 6) is -0.0111. The Hall–Kier alpha value is -2.30. The van der Waals surface area contributed by atoms with Gasteiger partial charge in [-0.2, -0.15) is 0 Å². The molecule has 0 saturated carbocycles. The van der Waals surface area contributed by atoms with Gasteiger partial charge < -0.3 is 9.47 Å². The first kappa shape index (κ1) is 21.0. The van der Waals surface area contributed by atoms with Crippen molar-refractivity contribution in [1.82, 2.24) is 0 Å². The fourth-order valence-electron chi connectivity index (χ4n) is 4.37. The van der Waals surface area contributed by atoms with Crippen molar-refractivity contribution in [2.75, 3.05) is 6.61 Å². The number of esters is 1. The second-order valence-corrected chi connectivity index (χ2v) is 8.56. The van der Waals surface area contributed by atoms with E-state index in [-0.39, 0.29) is 29.4 Å². The molecule has 0 saturated heterocycles. The molecule has 2 aromatic rings. The SMILES string of the molecule is CCC12CCC(=O)C=C1c1c(cc(OCC(=O)OCc3ccccc3)c(Cl)c1Cl)C2. The van der Waals surface area contributed by atoms with Crippen molar-refractivity contribution < 1.29 is 19.1 Å². The highest BCUT2D eigenvalue weighted by Crippen LogP contribution is 2.57. The van der Waals surface area contributed by atoms with E-state index in [0.29, 0.717) is 17.2 Å². The lowest BCUT2D eigenvalue weighted by molar-refractivity contribution is -0.147. The van der Waals surface area contributed by atoms with Gasteiger partial charge in [0.05, 0.1) is 5.02 Å². The predicted molar refractivity (Wildman–Crippen MR) is 117 cm³/mol. The summed E-state index contributed by atoms with van der Waals surface area (Å²) in [6, 6.07) is 11.3. The van der Waals surface area contributed by atoms with Crippen LogP contribution in [0, 0.1) is 5.41 Å². The number of fused-ring (bicyclic) bond motifs is 3. The van der Waals surface area contributed by atoms with Crippen LogP contribution >= 0.6 is 23.2 Å². The van der Waals surface area contributed by atoms with Crippen LogP contribution in [0.25, 0.3) is 5.57 Å². The fraction of sp³-hybridized carbons (Fsp3) is 0.333. The molecule has 2 aliphatic rings. The molecular formula is C24H22Cl2O4. The van der Waals surface area contributed by atoms with E-state index in [1.807, 2.05) is 36.4 Å². The Balaban J connectivity index is 1.51. The van der Waals surface area contributed by atoms with Crippen molar-refractivity contribution in [3.8, 4) is 5.75 Å². The van der Waals surface area contributed by atoms with E-state index in [0.717, 1.165) is 41.5 Å². The molecular weight excluding hydrogens is 423 g/mol. The third-order valence-corrected chi connectivity index (χ3v) is 6.89. The van der Waals surface area contributed by atoms with Gasteiger partial charge in [-0.3, -0.25) is 4.79 Å². The van der Waals surface area contributed by atoms with E-state index in [2.05, 4.69) is 6.92 Å². The van der Waals surface area contributed by atoms with Crippen LogP contribution in [-0.2, 0) is 27.4 Å². The summed E-state index contributed by atoms with van der Waals surface area (Å²) in [6.45, 7) is 2.05. The minimum atomic E-state index is -0.487. The van der Waals surface area contributed by atoms with Crippen LogP contribution in [0.4, 0.5) is 0 Å². The number of rotatable bonds is 6. The average molecular weight is 445 g/mol. The molecule has 0 aliphatic heterocycles. The lowest BCUT2D eigenvalue weighted by Crippen LogP contribution is -2.24. The van der Waals surface area contributed by atoms with Crippen LogP contribution < -0.4 is 4.74 Å². The molecule has 0 bridgehead atoms. The zero-order valence-corrected chi connectivity index (χ0v) is 18.2. The monoisotopic (exact) mass is 444 g/mol. The van der Waals surface area contributed by atoms with Crippen molar-refractivity contribution in [3.05, 3.63) is 69.2 Å². The van der Waals surface area contributed by atoms with Crippen molar-refractivity contribution in [2.45, 2.75) is 39.2 Å². The Morgan fingerprint density at radius 2 is 1.93 bits per heavy atom. The summed E-state index contributed by atoms with van der Waals surface area (Å²) in [4.78, 5) is 24.1. The number of ketones is 1. The van der Waals surface area contributed by atoms with Gasteiger partial charge in [0.1, 0.15) is 17.4 Å². The number of benzene rings is 2. The molecule has 30 heavy (non-hydrogen) atoms. The number of carbonyl (C=O) groups is 2. The summed E-state index contributed by atoms with van der Waals surface area (Å²) in [7, 11) is 0. The highest BCUT2D eigenvalue weighted by atomic mass is 35.5. The molecule has 0 heterocycles. The normalized spacial score (nSPS) is 19.7. The standard InChI is InChI=1S/C24H22Cl2O4/c1-2-24-9-8-17(27)11-18(24)21-16(12-24)10-19(22(25)23(21)26)29-14-20(28)30-13-15-6-4-3-5-7-15/h3-7,10-11H,2,8-9,12-14H2,1H3. The van der Waals surface area contributed by atoms with Gasteiger partial charge in [-0.1, -0.05) is 60.5 Å². The Morgan fingerprint density at radius 3 is 2.67 bits per heavy atom. The van der Waals surface area contributed by atoms with Crippen molar-refractivity contribution in [2.24, 2.45) is 5.41 Å². The molecule has 156 valence electrons. The molecule has 4 rings (SSSR count). The number of ether oxygens (including phenoxy) is 2. The first-order valence-electron chi connectivity index (χ1n) is 10.0. The maximum absolute atomic E-state index is 12.1. The Kier molecular flexibility index (Phi) is 5.90. The maximum atomic E-state index is 12.1. The van der Waals surface area contributed by atoms with Gasteiger partial charge in [0.25, 0.3) is 0 Å². The average Bonchev–Trinajstić information content (AvgIpc) is 3.08. The van der Waals surface area contributed by atoms with E-state index < -0.39 is 5.97 Å². The van der Waals surface area contributed by atoms with Gasteiger partial charge >= 0.3 is 5.97 Å². The third-order valence-electron chi connectivity index (χ3n) is 6.04. The Labute approximate surface area is 185 Å². The molecule has 0 aromatic heterocycles. The van der Waals surface area contributed by atoms with Crippen LogP contribution in [0.5, 0.6) is 5.75 Å². The van der Waals surface area contributed by atoms with Gasteiger partial charge in [-0.05, 0) is 48.1 Å². The van der Waals surface area contributed by atoms with Crippen molar-refractivity contribution in [3.63, 3.8) is 0 Å². The molecule has 2 aliphatic carbocycles. The van der Waals surface area contributed by atoms with E-state index in [1.165, 1.54) is 0 Å². The molecule has 2 aromatic carbocycles. The van der Waals surface area contributed by atoms with Gasteiger partial charge in [0, 0.05) is 17.4 Å². The smallest absolute Gasteiger partial charge is 0.344 e. The summed E-state index contributed by atoms with van der Waals surface area (Å²) in [5.41, 5.74) is 3.64. The lowest BCUT2D eigenvalue weighted by Gasteiger charge is -2.32. The van der Waals surface area contributed by atoms with Gasteiger partial charge in [-0.25, -0.2) is 4.79 Å². The number of hydrogen-bond donors (Lipinski definition) is 0. The van der Waals surface area contributed by atoms with E-state index in [4.69, 9.17) is 32.7 Å². The lowest BCUT2D eigenvalue weighted by atomic mass is 9.71. The van der Waals surface area contributed by atoms with Gasteiger partial charge in [0.2, 0.25) is 0 Å². The molecule has 1 atom stereocenters. The first-order chi connectivity index (χ1) is 14.4. The summed E-state index contributed by atoms with van der Waals surface area (Å²) in [6.07, 6.45) is 4.77. The van der Waals surface area contributed by atoms with Gasteiger partial charge in [-0.15, -0.1) is 0 Å². The molecule has 1 unspecified atom stereocenters. The van der Waals surface area contributed by atoms with Crippen LogP contribution in [0.15, 0.2) is 42.5 Å². The largest absolute Gasteiger partial charge is 0.480 e. The minimum Gasteiger partial charge on any atom is -0.480 e. The minimum absolute atomic E-state index is 0.0869. The zero-order valence-electron chi connectivity index (χ0n) is 16.7. The number of hydrogen-bond acceptors (Lipinski definition) is 4. The second-order valence-electron chi connectivity index (χ2n) is 7.81. The molecule has 0 radical (unpaired) electrons. The van der Waals surface area contributed by atoms with Crippen molar-refractivity contribution in [1.29, 1.82) is 0 Å². The number of halogens is 2. The van der Waals surface area contributed by atoms with Crippen LogP contribution in [0.2, 0.25) is 10.0 Å². The highest BCUT2D eigenvalue weighted by Gasteiger charge is 2.44. The molecule has 0 amide bonds. The van der Waals surface area contributed by atoms with Crippen molar-refractivity contribution >= 4 is 40.5 Å². The molecule has 0 spiro atoms. The summed E-state index contributed by atoms with van der Waals surface area (Å²) in [5, 5.41) is 0.621. The number of carbonyl (C=O) groups excluding carboxylic acids is 2. The van der Waals surface area contributed by atoms with E-state index >= 15 is 0 Å². The van der Waals surface area contributed by atoms with E-state index in [9.17, 15) is 9.59 Å². The molecule has 0 fully saturated rings. The highest BCUT2D eigenvalue weighted by molar-refractivity contribution is 6.44. The Morgan fingerprint density at radius 1 is 1.17 bits per heavy atom. The van der Waals surface area contributed by atoms with Crippen LogP contribution in [0.1, 0.15) is 42.9 Å². The predicted octanol–water partition coefficient (Wildman–Crippen LogP) is 5.81. The Bertz CT molecular complexity index is 1030. The van der Waals surface area contributed by atoms with Crippen LogP contribution in [-0.4, -0.2) is 18.4 Å². The fourth-order valence-corrected chi connectivity index (χ4v) is 4.89. The first-order valence-corrected chi connectivity index (χ1v) is 10.8. The molecule has 4 nitrogen and oxygen atoms in total. The molecule has 6 heteroatoms. The van der Waals surface area contributed by atoms with E-state index in [1.54, 1.807) is 6.08 Å². The summed E-state index contributed by atoms with van der Waals surface area (Å²) < 4.78 is 10.9. The summed E-state index contributed by atoms with van der Waals surface area (Å²) >= 11 is 13.1. The maximum Gasteiger partial charge on any atom is 0.344 e. The number of allylic oxidation sites excluding steroid dienone is 2.